The second-order valence-electron chi connectivity index (χ2n) is 4.47. The second-order valence-corrected chi connectivity index (χ2v) is 7.72. The minimum absolute atomic E-state index is 0.262. The van der Waals surface area contributed by atoms with Gasteiger partial charge in [0.2, 0.25) is 0 Å². The molecule has 1 N–H and O–H groups in total. The third kappa shape index (κ3) is 3.55. The monoisotopic (exact) mass is 337 g/mol. The first-order valence-electron chi connectivity index (χ1n) is 5.88. The Bertz CT molecular complexity index is 479. The SMILES string of the molecule is CCCNC(c1c(Br)cnn1C)C(C)S(C)(=O)=O. The summed E-state index contributed by atoms with van der Waals surface area (Å²) in [4.78, 5) is 0. The predicted octanol–water partition coefficient (Wildman–Crippen LogP) is 1.66. The van der Waals surface area contributed by atoms with Gasteiger partial charge < -0.3 is 5.32 Å². The minimum Gasteiger partial charge on any atom is -0.308 e. The van der Waals surface area contributed by atoms with Crippen molar-refractivity contribution in [3.05, 3.63) is 16.4 Å². The number of nitrogens with zero attached hydrogens (tertiary/aromatic N) is 2. The van der Waals surface area contributed by atoms with Gasteiger partial charge in [0.15, 0.2) is 9.84 Å². The van der Waals surface area contributed by atoms with Gasteiger partial charge in [0, 0.05) is 13.3 Å². The molecule has 0 saturated carbocycles. The van der Waals surface area contributed by atoms with Crippen molar-refractivity contribution in [2.24, 2.45) is 7.05 Å². The van der Waals surface area contributed by atoms with E-state index < -0.39 is 15.1 Å². The summed E-state index contributed by atoms with van der Waals surface area (Å²) in [7, 11) is -1.30. The lowest BCUT2D eigenvalue weighted by Gasteiger charge is -2.24. The van der Waals surface area contributed by atoms with Crippen LogP contribution in [0.2, 0.25) is 0 Å². The van der Waals surface area contributed by atoms with Gasteiger partial charge in [0.25, 0.3) is 0 Å². The lowest BCUT2D eigenvalue weighted by atomic mass is 10.1. The number of sulfone groups is 1. The Kier molecular flexibility index (Phi) is 5.36. The van der Waals surface area contributed by atoms with E-state index in [9.17, 15) is 8.42 Å². The summed E-state index contributed by atoms with van der Waals surface area (Å²) in [5.41, 5.74) is 0.862. The summed E-state index contributed by atoms with van der Waals surface area (Å²) in [6.45, 7) is 4.54. The average molecular weight is 338 g/mol. The van der Waals surface area contributed by atoms with E-state index in [-0.39, 0.29) is 6.04 Å². The summed E-state index contributed by atoms with van der Waals surface area (Å²) in [6.07, 6.45) is 3.90. The molecule has 7 heteroatoms. The smallest absolute Gasteiger partial charge is 0.151 e. The zero-order chi connectivity index (χ0) is 13.9. The maximum absolute atomic E-state index is 11.8. The number of rotatable bonds is 6. The Morgan fingerprint density at radius 3 is 2.56 bits per heavy atom. The molecule has 0 aliphatic heterocycles. The van der Waals surface area contributed by atoms with Crippen LogP contribution in [0, 0.1) is 0 Å². The molecule has 2 unspecified atom stereocenters. The molecule has 0 aliphatic carbocycles. The van der Waals surface area contributed by atoms with Gasteiger partial charge >= 0.3 is 0 Å². The van der Waals surface area contributed by atoms with Crippen molar-refractivity contribution in [3.8, 4) is 0 Å². The minimum atomic E-state index is -3.12. The van der Waals surface area contributed by atoms with E-state index in [2.05, 4.69) is 26.3 Å². The molecule has 5 nitrogen and oxygen atoms in total. The highest BCUT2D eigenvalue weighted by Crippen LogP contribution is 2.27. The molecule has 0 spiro atoms. The Balaban J connectivity index is 3.14. The van der Waals surface area contributed by atoms with Crippen LogP contribution in [0.1, 0.15) is 32.0 Å². The molecule has 0 aliphatic rings. The standard InChI is InChI=1S/C11H20BrN3O2S/c1-5-6-13-10(8(2)18(4,16)17)11-9(12)7-14-15(11)3/h7-8,10,13H,5-6H2,1-4H3. The van der Waals surface area contributed by atoms with Gasteiger partial charge in [-0.15, -0.1) is 0 Å². The van der Waals surface area contributed by atoms with Crippen molar-refractivity contribution in [1.29, 1.82) is 0 Å². The Morgan fingerprint density at radius 1 is 1.56 bits per heavy atom. The normalized spacial score (nSPS) is 15.6. The lowest BCUT2D eigenvalue weighted by Crippen LogP contribution is -2.36. The summed E-state index contributed by atoms with van der Waals surface area (Å²) < 4.78 is 26.1. The van der Waals surface area contributed by atoms with E-state index in [1.54, 1.807) is 17.8 Å². The van der Waals surface area contributed by atoms with Crippen molar-refractivity contribution < 1.29 is 8.42 Å². The first-order valence-corrected chi connectivity index (χ1v) is 8.63. The summed E-state index contributed by atoms with van der Waals surface area (Å²) in [5, 5.41) is 6.93. The summed E-state index contributed by atoms with van der Waals surface area (Å²) >= 11 is 3.43. The predicted molar refractivity (Wildman–Crippen MR) is 76.2 cm³/mol. The van der Waals surface area contributed by atoms with Gasteiger partial charge in [-0.2, -0.15) is 5.10 Å². The molecule has 1 aromatic rings. The van der Waals surface area contributed by atoms with Crippen LogP contribution in [-0.2, 0) is 16.9 Å². The van der Waals surface area contributed by atoms with E-state index in [0.717, 1.165) is 23.1 Å². The number of hydrogen-bond donors (Lipinski definition) is 1. The molecule has 0 bridgehead atoms. The molecule has 0 aromatic carbocycles. The molecule has 1 rings (SSSR count). The summed E-state index contributed by atoms with van der Waals surface area (Å²) in [5.74, 6) is 0. The topological polar surface area (TPSA) is 64.0 Å². The van der Waals surface area contributed by atoms with Gasteiger partial charge in [0.1, 0.15) is 0 Å². The first-order chi connectivity index (χ1) is 8.29. The third-order valence-electron chi connectivity index (χ3n) is 2.99. The Morgan fingerprint density at radius 2 is 2.17 bits per heavy atom. The fourth-order valence-electron chi connectivity index (χ4n) is 1.80. The number of hydrogen-bond acceptors (Lipinski definition) is 4. The zero-order valence-corrected chi connectivity index (χ0v) is 13.5. The van der Waals surface area contributed by atoms with Crippen LogP contribution in [0.4, 0.5) is 0 Å². The maximum Gasteiger partial charge on any atom is 0.151 e. The fraction of sp³-hybridized carbons (Fsp3) is 0.727. The molecule has 18 heavy (non-hydrogen) atoms. The van der Waals surface area contributed by atoms with Crippen LogP contribution in [0.15, 0.2) is 10.7 Å². The number of halogens is 1. The molecular formula is C11H20BrN3O2S. The molecular weight excluding hydrogens is 318 g/mol. The van der Waals surface area contributed by atoms with Gasteiger partial charge in [-0.1, -0.05) is 6.92 Å². The molecule has 0 radical (unpaired) electrons. The Hall–Kier alpha value is -0.400. The van der Waals surface area contributed by atoms with Gasteiger partial charge in [-0.25, -0.2) is 8.42 Å². The van der Waals surface area contributed by atoms with E-state index >= 15 is 0 Å². The van der Waals surface area contributed by atoms with Crippen LogP contribution in [0.5, 0.6) is 0 Å². The van der Waals surface area contributed by atoms with Gasteiger partial charge in [0.05, 0.1) is 27.7 Å². The maximum atomic E-state index is 11.8. The molecule has 1 aromatic heterocycles. The van der Waals surface area contributed by atoms with Crippen LogP contribution in [-0.4, -0.2) is 36.2 Å². The van der Waals surface area contributed by atoms with Crippen LogP contribution < -0.4 is 5.32 Å². The van der Waals surface area contributed by atoms with Crippen LogP contribution >= 0.6 is 15.9 Å². The molecule has 1 heterocycles. The second kappa shape index (κ2) is 6.16. The van der Waals surface area contributed by atoms with Crippen molar-refractivity contribution in [2.45, 2.75) is 31.6 Å². The largest absolute Gasteiger partial charge is 0.308 e. The Labute approximate surface area is 117 Å². The van der Waals surface area contributed by atoms with Crippen LogP contribution in [0.3, 0.4) is 0 Å². The van der Waals surface area contributed by atoms with E-state index in [4.69, 9.17) is 0 Å². The average Bonchev–Trinajstić information content (AvgIpc) is 2.59. The highest BCUT2D eigenvalue weighted by molar-refractivity contribution is 9.10. The number of aryl methyl sites for hydroxylation is 1. The fourth-order valence-corrected chi connectivity index (χ4v) is 3.12. The quantitative estimate of drug-likeness (QED) is 0.857. The molecule has 104 valence electrons. The molecule has 0 saturated heterocycles. The van der Waals surface area contributed by atoms with E-state index in [0.29, 0.717) is 0 Å². The molecule has 2 atom stereocenters. The molecule has 0 amide bonds. The number of aromatic nitrogens is 2. The first kappa shape index (κ1) is 15.7. The van der Waals surface area contributed by atoms with Crippen molar-refractivity contribution in [3.63, 3.8) is 0 Å². The third-order valence-corrected chi connectivity index (χ3v) is 5.23. The van der Waals surface area contributed by atoms with E-state index in [1.165, 1.54) is 6.26 Å². The van der Waals surface area contributed by atoms with Crippen molar-refractivity contribution in [1.82, 2.24) is 15.1 Å². The highest BCUT2D eigenvalue weighted by Gasteiger charge is 2.30. The summed E-state index contributed by atoms with van der Waals surface area (Å²) in [6, 6.07) is -0.262. The van der Waals surface area contributed by atoms with E-state index in [1.807, 2.05) is 14.0 Å². The van der Waals surface area contributed by atoms with Gasteiger partial charge in [-0.05, 0) is 35.8 Å². The highest BCUT2D eigenvalue weighted by atomic mass is 79.9. The van der Waals surface area contributed by atoms with Crippen molar-refractivity contribution >= 4 is 25.8 Å². The number of nitrogens with one attached hydrogen (secondary N) is 1. The molecule has 0 fully saturated rings. The van der Waals surface area contributed by atoms with Crippen LogP contribution in [0.25, 0.3) is 0 Å². The zero-order valence-electron chi connectivity index (χ0n) is 11.1. The van der Waals surface area contributed by atoms with Gasteiger partial charge in [-0.3, -0.25) is 4.68 Å². The lowest BCUT2D eigenvalue weighted by molar-refractivity contribution is 0.472. The van der Waals surface area contributed by atoms with Crippen molar-refractivity contribution in [2.75, 3.05) is 12.8 Å².